The molecule has 0 bridgehead atoms. The quantitative estimate of drug-likeness (QED) is 0.487. The van der Waals surface area contributed by atoms with Crippen LogP contribution in [-0.4, -0.2) is 49.4 Å². The van der Waals surface area contributed by atoms with E-state index in [0.29, 0.717) is 5.56 Å². The maximum atomic E-state index is 14.0. The minimum Gasteiger partial charge on any atom is -0.378 e. The summed E-state index contributed by atoms with van der Waals surface area (Å²) in [5, 5.41) is 13.6. The topological polar surface area (TPSA) is 85.2 Å². The number of hydrogen-bond donors (Lipinski definition) is 2. The van der Waals surface area contributed by atoms with Crippen molar-refractivity contribution in [3.05, 3.63) is 65.0 Å². The van der Waals surface area contributed by atoms with Gasteiger partial charge in [-0.3, -0.25) is 14.8 Å². The summed E-state index contributed by atoms with van der Waals surface area (Å²) in [6.45, 7) is 0. The van der Waals surface area contributed by atoms with Gasteiger partial charge in [0.1, 0.15) is 5.82 Å². The largest absolute Gasteiger partial charge is 0.378 e. The lowest BCUT2D eigenvalue weighted by Gasteiger charge is -2.15. The van der Waals surface area contributed by atoms with E-state index in [9.17, 15) is 14.0 Å². The van der Waals surface area contributed by atoms with Crippen LogP contribution in [0.5, 0.6) is 0 Å². The number of halogens is 1. The minimum atomic E-state index is -0.819. The highest BCUT2D eigenvalue weighted by molar-refractivity contribution is 5.96. The first-order valence-electron chi connectivity index (χ1n) is 7.67. The number of rotatable bonds is 5. The Kier molecular flexibility index (Phi) is 6.03. The van der Waals surface area contributed by atoms with Crippen LogP contribution < -0.4 is 10.4 Å². The Bertz CT molecular complexity index is 852. The summed E-state index contributed by atoms with van der Waals surface area (Å²) in [4.78, 5) is 25.5. The van der Waals surface area contributed by atoms with Gasteiger partial charge < -0.3 is 4.90 Å². The molecule has 136 valence electrons. The standard InChI is InChI=1S/C18H19FN4O3/c1-22(2)15-6-4-5-13(9-15)18(25)23(3)20-11-14-8-7-12(10-16(14)19)17(24)21-26/h4-11,26H,1-3H3,(H,21,24). The van der Waals surface area contributed by atoms with Crippen LogP contribution in [0.2, 0.25) is 0 Å². The number of carbonyl (C=O) groups is 2. The van der Waals surface area contributed by atoms with E-state index in [-0.39, 0.29) is 17.0 Å². The molecular formula is C18H19FN4O3. The highest BCUT2D eigenvalue weighted by Gasteiger charge is 2.12. The van der Waals surface area contributed by atoms with Gasteiger partial charge in [-0.25, -0.2) is 14.9 Å². The third-order valence-electron chi connectivity index (χ3n) is 3.64. The van der Waals surface area contributed by atoms with E-state index in [1.807, 2.05) is 25.1 Å². The number of amides is 2. The molecule has 26 heavy (non-hydrogen) atoms. The average Bonchev–Trinajstić information content (AvgIpc) is 2.65. The molecule has 7 nitrogen and oxygen atoms in total. The zero-order chi connectivity index (χ0) is 19.3. The van der Waals surface area contributed by atoms with Gasteiger partial charge >= 0.3 is 0 Å². The van der Waals surface area contributed by atoms with Gasteiger partial charge in [0, 0.05) is 43.5 Å². The predicted molar refractivity (Wildman–Crippen MR) is 96.1 cm³/mol. The van der Waals surface area contributed by atoms with Crippen LogP contribution in [-0.2, 0) is 0 Å². The molecule has 2 N–H and O–H groups in total. The first-order chi connectivity index (χ1) is 12.3. The Labute approximate surface area is 150 Å². The second kappa shape index (κ2) is 8.21. The van der Waals surface area contributed by atoms with Crippen molar-refractivity contribution in [1.82, 2.24) is 10.5 Å². The molecule has 0 atom stereocenters. The second-order valence-electron chi connectivity index (χ2n) is 5.70. The molecule has 0 saturated carbocycles. The lowest BCUT2D eigenvalue weighted by Crippen LogP contribution is -2.22. The highest BCUT2D eigenvalue weighted by atomic mass is 19.1. The fourth-order valence-electron chi connectivity index (χ4n) is 2.14. The average molecular weight is 358 g/mol. The predicted octanol–water partition coefficient (Wildman–Crippen LogP) is 2.12. The van der Waals surface area contributed by atoms with Crippen molar-refractivity contribution in [3.8, 4) is 0 Å². The van der Waals surface area contributed by atoms with E-state index in [1.54, 1.807) is 18.2 Å². The third kappa shape index (κ3) is 4.42. The van der Waals surface area contributed by atoms with Crippen molar-refractivity contribution in [1.29, 1.82) is 0 Å². The smallest absolute Gasteiger partial charge is 0.274 e. The maximum absolute atomic E-state index is 14.0. The first kappa shape index (κ1) is 19.1. The Hall–Kier alpha value is -3.26. The Morgan fingerprint density at radius 2 is 1.85 bits per heavy atom. The number of hydrazone groups is 1. The molecule has 8 heteroatoms. The zero-order valence-electron chi connectivity index (χ0n) is 14.6. The summed E-state index contributed by atoms with van der Waals surface area (Å²) >= 11 is 0. The molecule has 0 unspecified atom stereocenters. The number of anilines is 1. The van der Waals surface area contributed by atoms with Crippen LogP contribution in [0, 0.1) is 5.82 Å². The number of benzene rings is 2. The molecule has 0 spiro atoms. The van der Waals surface area contributed by atoms with Gasteiger partial charge in [-0.1, -0.05) is 6.07 Å². The molecule has 0 aliphatic heterocycles. The Morgan fingerprint density at radius 3 is 2.46 bits per heavy atom. The molecule has 0 saturated heterocycles. The van der Waals surface area contributed by atoms with E-state index in [0.717, 1.165) is 16.8 Å². The molecule has 0 radical (unpaired) electrons. The fourth-order valence-corrected chi connectivity index (χ4v) is 2.14. The molecule has 0 aliphatic carbocycles. The summed E-state index contributed by atoms with van der Waals surface area (Å²) in [5.41, 5.74) is 2.81. The molecule has 0 fully saturated rings. The van der Waals surface area contributed by atoms with Gasteiger partial charge in [-0.05, 0) is 36.4 Å². The number of hydroxylamine groups is 1. The van der Waals surface area contributed by atoms with E-state index in [1.165, 1.54) is 30.9 Å². The van der Waals surface area contributed by atoms with Gasteiger partial charge in [0.25, 0.3) is 11.8 Å². The summed E-state index contributed by atoms with van der Waals surface area (Å²) in [6.07, 6.45) is 1.18. The van der Waals surface area contributed by atoms with Crippen LogP contribution in [0.3, 0.4) is 0 Å². The van der Waals surface area contributed by atoms with E-state index in [4.69, 9.17) is 5.21 Å². The fraction of sp³-hybridized carbons (Fsp3) is 0.167. The molecule has 2 aromatic carbocycles. The summed E-state index contributed by atoms with van der Waals surface area (Å²) in [7, 11) is 5.20. The zero-order valence-corrected chi connectivity index (χ0v) is 14.6. The van der Waals surface area contributed by atoms with Gasteiger partial charge in [0.15, 0.2) is 0 Å². The van der Waals surface area contributed by atoms with Crippen LogP contribution in [0.25, 0.3) is 0 Å². The molecule has 0 aromatic heterocycles. The van der Waals surface area contributed by atoms with E-state index in [2.05, 4.69) is 5.10 Å². The van der Waals surface area contributed by atoms with Crippen molar-refractivity contribution < 1.29 is 19.2 Å². The third-order valence-corrected chi connectivity index (χ3v) is 3.64. The normalized spacial score (nSPS) is 10.7. The summed E-state index contributed by atoms with van der Waals surface area (Å²) in [5.74, 6) is -1.87. The van der Waals surface area contributed by atoms with Crippen molar-refractivity contribution in [2.24, 2.45) is 5.10 Å². The Morgan fingerprint density at radius 1 is 1.12 bits per heavy atom. The molecular weight excluding hydrogens is 339 g/mol. The lowest BCUT2D eigenvalue weighted by molar-refractivity contribution is 0.0705. The minimum absolute atomic E-state index is 0.0351. The van der Waals surface area contributed by atoms with Crippen LogP contribution in [0.1, 0.15) is 26.3 Å². The van der Waals surface area contributed by atoms with Gasteiger partial charge in [-0.2, -0.15) is 5.10 Å². The summed E-state index contributed by atoms with van der Waals surface area (Å²) < 4.78 is 14.0. The molecule has 0 heterocycles. The van der Waals surface area contributed by atoms with E-state index >= 15 is 0 Å². The monoisotopic (exact) mass is 358 g/mol. The van der Waals surface area contributed by atoms with Crippen molar-refractivity contribution in [3.63, 3.8) is 0 Å². The molecule has 2 aromatic rings. The van der Waals surface area contributed by atoms with Crippen molar-refractivity contribution >= 4 is 23.7 Å². The molecule has 2 rings (SSSR count). The molecule has 0 aliphatic rings. The highest BCUT2D eigenvalue weighted by Crippen LogP contribution is 2.15. The van der Waals surface area contributed by atoms with E-state index < -0.39 is 11.7 Å². The second-order valence-corrected chi connectivity index (χ2v) is 5.70. The number of nitrogens with zero attached hydrogens (tertiary/aromatic N) is 3. The van der Waals surface area contributed by atoms with Crippen molar-refractivity contribution in [2.45, 2.75) is 0 Å². The number of nitrogens with one attached hydrogen (secondary N) is 1. The molecule has 2 amide bonds. The maximum Gasteiger partial charge on any atom is 0.274 e. The Balaban J connectivity index is 2.16. The van der Waals surface area contributed by atoms with Gasteiger partial charge in [0.05, 0.1) is 6.21 Å². The van der Waals surface area contributed by atoms with Gasteiger partial charge in [-0.15, -0.1) is 0 Å². The SMILES string of the molecule is CN(N=Cc1ccc(C(=O)NO)cc1F)C(=O)c1cccc(N(C)C)c1. The van der Waals surface area contributed by atoms with Crippen LogP contribution in [0.15, 0.2) is 47.6 Å². The van der Waals surface area contributed by atoms with Crippen molar-refractivity contribution in [2.75, 3.05) is 26.0 Å². The van der Waals surface area contributed by atoms with Crippen LogP contribution >= 0.6 is 0 Å². The summed E-state index contributed by atoms with van der Waals surface area (Å²) in [6, 6.07) is 10.7. The van der Waals surface area contributed by atoms with Gasteiger partial charge in [0.2, 0.25) is 0 Å². The van der Waals surface area contributed by atoms with Crippen LogP contribution in [0.4, 0.5) is 10.1 Å². The number of hydrogen-bond acceptors (Lipinski definition) is 5. The first-order valence-corrected chi connectivity index (χ1v) is 7.67. The lowest BCUT2D eigenvalue weighted by atomic mass is 10.1. The number of carbonyl (C=O) groups excluding carboxylic acids is 2.